The van der Waals surface area contributed by atoms with E-state index in [1.807, 2.05) is 0 Å². The van der Waals surface area contributed by atoms with Crippen molar-refractivity contribution in [1.82, 2.24) is 0 Å². The van der Waals surface area contributed by atoms with Crippen LogP contribution in [0, 0.1) is 0 Å². The molecule has 6 nitrogen and oxygen atoms in total. The Hall–Kier alpha value is 0.0234. The molecule has 0 heterocycles. The van der Waals surface area contributed by atoms with Crippen molar-refractivity contribution in [2.24, 2.45) is 0 Å². The molecule has 0 bridgehead atoms. The zero-order valence-electron chi connectivity index (χ0n) is 6.95. The summed E-state index contributed by atoms with van der Waals surface area (Å²) in [6, 6.07) is 0. The summed E-state index contributed by atoms with van der Waals surface area (Å²) in [5, 5.41) is 0. The van der Waals surface area contributed by atoms with Gasteiger partial charge in [0.25, 0.3) is 0 Å². The molecule has 2 N–H and O–H groups in total. The van der Waals surface area contributed by atoms with Crippen LogP contribution in [-0.4, -0.2) is 37.0 Å². The Morgan fingerprint density at radius 1 is 0.647 bits per heavy atom. The van der Waals surface area contributed by atoms with Crippen LogP contribution in [0.4, 0.5) is 26.3 Å². The molecule has 0 saturated heterocycles. The molecule has 0 aliphatic carbocycles. The molecule has 0 fully saturated rings. The van der Waals surface area contributed by atoms with E-state index in [1.54, 1.807) is 0 Å². The van der Waals surface area contributed by atoms with Gasteiger partial charge < -0.3 is 0 Å². The Balaban J connectivity index is -0.000000218. The van der Waals surface area contributed by atoms with Crippen molar-refractivity contribution in [2.75, 3.05) is 0 Å². The molecule has 0 spiro atoms. The summed E-state index contributed by atoms with van der Waals surface area (Å²) < 4.78 is 115. The number of hydrogen-bond acceptors (Lipinski definition) is 4. The van der Waals surface area contributed by atoms with Gasteiger partial charge in [0.2, 0.25) is 0 Å². The smallest absolute Gasteiger partial charge is 0.279 e. The number of alkyl halides is 6. The van der Waals surface area contributed by atoms with Crippen molar-refractivity contribution in [3.8, 4) is 0 Å². The van der Waals surface area contributed by atoms with Crippen molar-refractivity contribution in [2.45, 2.75) is 11.0 Å². The minimum absolute atomic E-state index is 0. The molecule has 17 heavy (non-hydrogen) atoms. The SMILES string of the molecule is O=S(=O)(O)C(F)(F)F.O=S(=O)(O)C(F)(F)F.[Rh]. The van der Waals surface area contributed by atoms with Gasteiger partial charge in [0.15, 0.2) is 0 Å². The van der Waals surface area contributed by atoms with Crippen LogP contribution in [0.15, 0.2) is 0 Å². The third kappa shape index (κ3) is 9.70. The van der Waals surface area contributed by atoms with Crippen LogP contribution in [0.25, 0.3) is 0 Å². The van der Waals surface area contributed by atoms with E-state index in [0.29, 0.717) is 0 Å². The van der Waals surface area contributed by atoms with Crippen LogP contribution >= 0.6 is 0 Å². The van der Waals surface area contributed by atoms with Crippen LogP contribution in [0.3, 0.4) is 0 Å². The van der Waals surface area contributed by atoms with E-state index in [-0.39, 0.29) is 19.5 Å². The molecule has 0 aromatic carbocycles. The zero-order valence-corrected chi connectivity index (χ0v) is 10.2. The van der Waals surface area contributed by atoms with Gasteiger partial charge in [-0.1, -0.05) is 0 Å². The molecule has 15 heteroatoms. The molecule has 0 saturated carbocycles. The van der Waals surface area contributed by atoms with Crippen LogP contribution in [0.5, 0.6) is 0 Å². The van der Waals surface area contributed by atoms with Gasteiger partial charge in [-0.15, -0.1) is 0 Å². The number of rotatable bonds is 0. The predicted molar refractivity (Wildman–Crippen MR) is 35.2 cm³/mol. The van der Waals surface area contributed by atoms with Gasteiger partial charge in [-0.05, 0) is 0 Å². The van der Waals surface area contributed by atoms with E-state index in [4.69, 9.17) is 25.9 Å². The first-order valence-electron chi connectivity index (χ1n) is 2.57. The summed E-state index contributed by atoms with van der Waals surface area (Å²) in [6.45, 7) is 0. The van der Waals surface area contributed by atoms with Gasteiger partial charge in [-0.2, -0.15) is 43.2 Å². The fourth-order valence-corrected chi connectivity index (χ4v) is 0. The van der Waals surface area contributed by atoms with E-state index >= 15 is 0 Å². The summed E-state index contributed by atoms with van der Waals surface area (Å²) in [6.07, 6.45) is 0. The standard InChI is InChI=1S/2CHF3O3S.Rh/c2*2-1(3,4)8(5,6)7;/h2*(H,5,6,7);. The molecule has 0 unspecified atom stereocenters. The van der Waals surface area contributed by atoms with Crippen LogP contribution in [0.1, 0.15) is 0 Å². The second-order valence-corrected chi connectivity index (χ2v) is 4.67. The van der Waals surface area contributed by atoms with Crippen molar-refractivity contribution in [1.29, 1.82) is 0 Å². The molecular weight excluding hydrogens is 401 g/mol. The van der Waals surface area contributed by atoms with Gasteiger partial charge in [0.1, 0.15) is 0 Å². The quantitative estimate of drug-likeness (QED) is 0.268. The molecule has 0 aromatic rings. The normalized spacial score (nSPS) is 13.2. The maximum absolute atomic E-state index is 10.7. The van der Waals surface area contributed by atoms with Crippen LogP contribution in [0.2, 0.25) is 0 Å². The van der Waals surface area contributed by atoms with E-state index in [0.717, 1.165) is 0 Å². The van der Waals surface area contributed by atoms with E-state index < -0.39 is 31.3 Å². The Kier molecular flexibility index (Phi) is 8.19. The molecule has 0 aliphatic rings. The van der Waals surface area contributed by atoms with Crippen molar-refractivity contribution < 1.29 is 71.8 Å². The van der Waals surface area contributed by atoms with Crippen molar-refractivity contribution >= 4 is 20.2 Å². The summed E-state index contributed by atoms with van der Waals surface area (Å²) in [5.41, 5.74) is -11.1. The zero-order chi connectivity index (χ0) is 14.0. The van der Waals surface area contributed by atoms with E-state index in [1.165, 1.54) is 0 Å². The minimum atomic E-state index is -5.84. The first-order valence-corrected chi connectivity index (χ1v) is 5.45. The van der Waals surface area contributed by atoms with Gasteiger partial charge >= 0.3 is 31.3 Å². The van der Waals surface area contributed by atoms with Crippen LogP contribution < -0.4 is 0 Å². The third-order valence-corrected chi connectivity index (χ3v) is 1.75. The Morgan fingerprint density at radius 3 is 0.706 bits per heavy atom. The Labute approximate surface area is 103 Å². The first-order chi connectivity index (χ1) is 6.50. The summed E-state index contributed by atoms with van der Waals surface area (Å²) >= 11 is 0. The van der Waals surface area contributed by atoms with E-state index in [9.17, 15) is 26.3 Å². The van der Waals surface area contributed by atoms with Gasteiger partial charge in [-0.3, -0.25) is 9.11 Å². The molecule has 109 valence electrons. The fourth-order valence-electron chi connectivity index (χ4n) is 0. The minimum Gasteiger partial charge on any atom is -0.279 e. The largest absolute Gasteiger partial charge is 0.522 e. The van der Waals surface area contributed by atoms with Crippen LogP contribution in [-0.2, 0) is 39.7 Å². The number of hydrogen-bond donors (Lipinski definition) is 2. The van der Waals surface area contributed by atoms with Crippen molar-refractivity contribution in [3.05, 3.63) is 0 Å². The Bertz CT molecular complexity index is 374. The van der Waals surface area contributed by atoms with Gasteiger partial charge in [-0.25, -0.2) is 0 Å². The molecular formula is C2H2F6O6RhS2. The molecule has 0 aliphatic heterocycles. The summed E-state index contributed by atoms with van der Waals surface area (Å²) in [5.74, 6) is 0. The first kappa shape index (κ1) is 22.2. The van der Waals surface area contributed by atoms with Crippen molar-refractivity contribution in [3.63, 3.8) is 0 Å². The summed E-state index contributed by atoms with van der Waals surface area (Å²) in [7, 11) is -11.7. The molecule has 1 radical (unpaired) electrons. The monoisotopic (exact) mass is 403 g/mol. The van der Waals surface area contributed by atoms with E-state index in [2.05, 4.69) is 0 Å². The number of halogens is 6. The molecule has 0 rings (SSSR count). The van der Waals surface area contributed by atoms with Gasteiger partial charge in [0.05, 0.1) is 0 Å². The average molecular weight is 403 g/mol. The van der Waals surface area contributed by atoms with Gasteiger partial charge in [0, 0.05) is 19.5 Å². The molecule has 0 atom stereocenters. The second-order valence-electron chi connectivity index (χ2n) is 1.84. The molecule has 0 aromatic heterocycles. The maximum atomic E-state index is 10.7. The Morgan fingerprint density at radius 2 is 0.706 bits per heavy atom. The average Bonchev–Trinajstić information content (AvgIpc) is 1.77. The summed E-state index contributed by atoms with van der Waals surface area (Å²) in [4.78, 5) is 0. The maximum Gasteiger partial charge on any atom is 0.522 e. The predicted octanol–water partition coefficient (Wildman–Crippen LogP) is 0.786. The topological polar surface area (TPSA) is 109 Å². The third-order valence-electron chi connectivity index (χ3n) is 0.585. The fraction of sp³-hybridized carbons (Fsp3) is 1.00. The second kappa shape index (κ2) is 6.27. The molecule has 0 amide bonds.